The Morgan fingerprint density at radius 2 is 2.06 bits per heavy atom. The van der Waals surface area contributed by atoms with Crippen molar-refractivity contribution < 1.29 is 13.2 Å². The van der Waals surface area contributed by atoms with Gasteiger partial charge in [0.05, 0.1) is 18.6 Å². The van der Waals surface area contributed by atoms with Gasteiger partial charge in [0.15, 0.2) is 0 Å². The Kier molecular flexibility index (Phi) is 4.79. The van der Waals surface area contributed by atoms with E-state index in [0.717, 1.165) is 6.26 Å². The summed E-state index contributed by atoms with van der Waals surface area (Å²) in [6.45, 7) is 0.280. The van der Waals surface area contributed by atoms with E-state index >= 15 is 0 Å². The predicted molar refractivity (Wildman–Crippen MR) is 62.2 cm³/mol. The average Bonchev–Trinajstić information content (AvgIpc) is 2.24. The molecule has 9 heteroatoms. The molecule has 0 aliphatic heterocycles. The highest BCUT2D eigenvalue weighted by Gasteiger charge is 2.07. The quantitative estimate of drug-likeness (QED) is 0.701. The topological polar surface area (TPSA) is 101 Å². The summed E-state index contributed by atoms with van der Waals surface area (Å²) in [5.41, 5.74) is 0.119. The molecule has 2 N–H and O–H groups in total. The van der Waals surface area contributed by atoms with Gasteiger partial charge in [0.1, 0.15) is 10.8 Å². The molecule has 0 atom stereocenters. The fourth-order valence-electron chi connectivity index (χ4n) is 0.933. The van der Waals surface area contributed by atoms with Crippen LogP contribution in [-0.2, 0) is 10.0 Å². The monoisotopic (exact) mass is 278 g/mol. The third-order valence-corrected chi connectivity index (χ3v) is 2.55. The van der Waals surface area contributed by atoms with E-state index in [2.05, 4.69) is 20.0 Å². The van der Waals surface area contributed by atoms with Crippen LogP contribution in [0.1, 0.15) is 10.5 Å². The zero-order valence-corrected chi connectivity index (χ0v) is 10.5. The van der Waals surface area contributed by atoms with Crippen molar-refractivity contribution >= 4 is 27.5 Å². The summed E-state index contributed by atoms with van der Waals surface area (Å²) >= 11 is 5.51. The molecule has 0 unspecified atom stereocenters. The maximum atomic E-state index is 11.4. The van der Waals surface area contributed by atoms with Gasteiger partial charge in [-0.1, -0.05) is 11.6 Å². The molecular formula is C8H11ClN4O3S. The molecule has 7 nitrogen and oxygen atoms in total. The van der Waals surface area contributed by atoms with Crippen LogP contribution in [0.5, 0.6) is 0 Å². The van der Waals surface area contributed by atoms with Gasteiger partial charge in [-0.05, 0) is 0 Å². The van der Waals surface area contributed by atoms with Gasteiger partial charge in [0.2, 0.25) is 10.0 Å². The molecule has 1 aromatic rings. The van der Waals surface area contributed by atoms with E-state index in [1.807, 2.05) is 0 Å². The number of amides is 1. The molecule has 1 aromatic heterocycles. The molecule has 94 valence electrons. The van der Waals surface area contributed by atoms with E-state index in [1.165, 1.54) is 12.4 Å². The summed E-state index contributed by atoms with van der Waals surface area (Å²) in [7, 11) is -3.24. The van der Waals surface area contributed by atoms with Crippen LogP contribution >= 0.6 is 11.6 Å². The number of nitrogens with one attached hydrogen (secondary N) is 2. The van der Waals surface area contributed by atoms with E-state index in [-0.39, 0.29) is 23.9 Å². The van der Waals surface area contributed by atoms with Gasteiger partial charge >= 0.3 is 0 Å². The molecule has 0 radical (unpaired) electrons. The second kappa shape index (κ2) is 5.89. The van der Waals surface area contributed by atoms with Crippen molar-refractivity contribution in [3.05, 3.63) is 23.2 Å². The fraction of sp³-hybridized carbons (Fsp3) is 0.375. The van der Waals surface area contributed by atoms with Crippen LogP contribution in [-0.4, -0.2) is 43.6 Å². The number of halogens is 1. The summed E-state index contributed by atoms with van der Waals surface area (Å²) in [6.07, 6.45) is 3.53. The molecule has 0 spiro atoms. The summed E-state index contributed by atoms with van der Waals surface area (Å²) in [5.74, 6) is -0.440. The molecule has 0 saturated heterocycles. The first-order chi connectivity index (χ1) is 7.88. The van der Waals surface area contributed by atoms with Crippen molar-refractivity contribution in [2.45, 2.75) is 0 Å². The van der Waals surface area contributed by atoms with Crippen molar-refractivity contribution in [1.29, 1.82) is 0 Å². The standard InChI is InChI=1S/C8H11ClN4O3S/c1-17(15,16)13-3-2-10-8(14)6-4-12-7(9)5-11-6/h4-5,13H,2-3H2,1H3,(H,10,14). The molecule has 0 aromatic carbocycles. The highest BCUT2D eigenvalue weighted by atomic mass is 35.5. The Morgan fingerprint density at radius 3 is 2.59 bits per heavy atom. The van der Waals surface area contributed by atoms with Crippen LogP contribution in [0, 0.1) is 0 Å². The Bertz CT molecular complexity index is 488. The van der Waals surface area contributed by atoms with Crippen molar-refractivity contribution in [2.75, 3.05) is 19.3 Å². The minimum atomic E-state index is -3.24. The molecule has 1 rings (SSSR count). The number of aromatic nitrogens is 2. The van der Waals surface area contributed by atoms with Crippen LogP contribution < -0.4 is 10.0 Å². The van der Waals surface area contributed by atoms with Crippen LogP contribution in [0.3, 0.4) is 0 Å². The number of carbonyl (C=O) groups excluding carboxylic acids is 1. The number of carbonyl (C=O) groups is 1. The zero-order valence-electron chi connectivity index (χ0n) is 8.97. The van der Waals surface area contributed by atoms with Gasteiger partial charge in [0, 0.05) is 13.1 Å². The normalized spacial score (nSPS) is 11.2. The molecule has 0 saturated carbocycles. The van der Waals surface area contributed by atoms with Gasteiger partial charge in [-0.2, -0.15) is 0 Å². The highest BCUT2D eigenvalue weighted by Crippen LogP contribution is 2.00. The number of hydrogen-bond donors (Lipinski definition) is 2. The summed E-state index contributed by atoms with van der Waals surface area (Å²) in [6, 6.07) is 0. The zero-order chi connectivity index (χ0) is 12.9. The van der Waals surface area contributed by atoms with E-state index < -0.39 is 15.9 Å². The van der Waals surface area contributed by atoms with Crippen molar-refractivity contribution in [3.63, 3.8) is 0 Å². The second-order valence-electron chi connectivity index (χ2n) is 3.15. The minimum absolute atomic E-state index is 0.117. The van der Waals surface area contributed by atoms with Crippen molar-refractivity contribution in [2.24, 2.45) is 0 Å². The maximum absolute atomic E-state index is 11.4. The van der Waals surface area contributed by atoms with Crippen LogP contribution in [0.25, 0.3) is 0 Å². The Balaban J connectivity index is 2.38. The number of nitrogens with zero attached hydrogens (tertiary/aromatic N) is 2. The number of rotatable bonds is 5. The third kappa shape index (κ3) is 5.57. The lowest BCUT2D eigenvalue weighted by Gasteiger charge is -2.04. The lowest BCUT2D eigenvalue weighted by atomic mass is 10.4. The molecule has 0 aliphatic carbocycles. The molecular weight excluding hydrogens is 268 g/mol. The molecule has 0 aliphatic rings. The Hall–Kier alpha value is -1.25. The first-order valence-corrected chi connectivity index (χ1v) is 6.86. The van der Waals surface area contributed by atoms with Crippen LogP contribution in [0.4, 0.5) is 0 Å². The fourth-order valence-corrected chi connectivity index (χ4v) is 1.50. The molecule has 1 heterocycles. The summed E-state index contributed by atoms with van der Waals surface area (Å²) < 4.78 is 23.7. The number of sulfonamides is 1. The van der Waals surface area contributed by atoms with Gasteiger partial charge in [0.25, 0.3) is 5.91 Å². The predicted octanol–water partition coefficient (Wildman–Crippen LogP) is -0.591. The van der Waals surface area contributed by atoms with Gasteiger partial charge in [-0.3, -0.25) is 4.79 Å². The molecule has 1 amide bonds. The molecule has 0 fully saturated rings. The summed E-state index contributed by atoms with van der Waals surface area (Å²) in [5, 5.41) is 2.67. The van der Waals surface area contributed by atoms with Gasteiger partial charge in [-0.15, -0.1) is 0 Å². The third-order valence-electron chi connectivity index (χ3n) is 1.63. The average molecular weight is 279 g/mol. The van der Waals surface area contributed by atoms with E-state index in [0.29, 0.717) is 0 Å². The van der Waals surface area contributed by atoms with Crippen molar-refractivity contribution in [3.8, 4) is 0 Å². The Morgan fingerprint density at radius 1 is 1.35 bits per heavy atom. The largest absolute Gasteiger partial charge is 0.349 e. The SMILES string of the molecule is CS(=O)(=O)NCCNC(=O)c1cnc(Cl)cn1. The Labute approximate surface area is 104 Å². The first kappa shape index (κ1) is 13.8. The van der Waals surface area contributed by atoms with Gasteiger partial charge in [-0.25, -0.2) is 23.1 Å². The van der Waals surface area contributed by atoms with E-state index in [1.54, 1.807) is 0 Å². The first-order valence-electron chi connectivity index (χ1n) is 4.59. The van der Waals surface area contributed by atoms with Crippen LogP contribution in [0.15, 0.2) is 12.4 Å². The maximum Gasteiger partial charge on any atom is 0.271 e. The summed E-state index contributed by atoms with van der Waals surface area (Å²) in [4.78, 5) is 18.9. The highest BCUT2D eigenvalue weighted by molar-refractivity contribution is 7.88. The smallest absolute Gasteiger partial charge is 0.271 e. The lowest BCUT2D eigenvalue weighted by Crippen LogP contribution is -2.34. The van der Waals surface area contributed by atoms with Crippen LogP contribution in [0.2, 0.25) is 5.15 Å². The van der Waals surface area contributed by atoms with E-state index in [4.69, 9.17) is 11.6 Å². The number of hydrogen-bond acceptors (Lipinski definition) is 5. The molecule has 17 heavy (non-hydrogen) atoms. The van der Waals surface area contributed by atoms with E-state index in [9.17, 15) is 13.2 Å². The minimum Gasteiger partial charge on any atom is -0.349 e. The lowest BCUT2D eigenvalue weighted by molar-refractivity contribution is 0.0949. The second-order valence-corrected chi connectivity index (χ2v) is 5.37. The van der Waals surface area contributed by atoms with Crippen molar-refractivity contribution in [1.82, 2.24) is 20.0 Å². The van der Waals surface area contributed by atoms with Gasteiger partial charge < -0.3 is 5.32 Å². The molecule has 0 bridgehead atoms.